The van der Waals surface area contributed by atoms with Crippen LogP contribution in [-0.2, 0) is 13.0 Å². The number of nitrogens with one attached hydrogen (secondary N) is 1. The second-order valence-corrected chi connectivity index (χ2v) is 7.54. The molecular formula is C21H22F2N2O4. The Morgan fingerprint density at radius 3 is 2.59 bits per heavy atom. The van der Waals surface area contributed by atoms with Crippen LogP contribution in [0.3, 0.4) is 0 Å². The van der Waals surface area contributed by atoms with Crippen molar-refractivity contribution >= 4 is 11.7 Å². The molecule has 1 amide bonds. The van der Waals surface area contributed by atoms with Gasteiger partial charge in [-0.2, -0.15) is 0 Å². The SMILES string of the molecule is CC(=O)c1c(O)c(=O)c(C(=O)NCc2ccc(F)cc2F)c2n1C(C(C)C)CC2. The molecule has 2 heterocycles. The Balaban J connectivity index is 2.03. The molecular weight excluding hydrogens is 382 g/mol. The molecule has 1 unspecified atom stereocenters. The molecule has 0 radical (unpaired) electrons. The van der Waals surface area contributed by atoms with Crippen LogP contribution in [0.15, 0.2) is 23.0 Å². The Hall–Kier alpha value is -3.03. The Labute approximate surface area is 166 Å². The molecule has 2 N–H and O–H groups in total. The lowest BCUT2D eigenvalue weighted by Gasteiger charge is -2.23. The predicted molar refractivity (Wildman–Crippen MR) is 102 cm³/mol. The van der Waals surface area contributed by atoms with Crippen LogP contribution >= 0.6 is 0 Å². The molecule has 154 valence electrons. The first-order chi connectivity index (χ1) is 13.6. The van der Waals surface area contributed by atoms with E-state index in [4.69, 9.17) is 0 Å². The molecule has 0 fully saturated rings. The predicted octanol–water partition coefficient (Wildman–Crippen LogP) is 3.11. The number of rotatable bonds is 5. The zero-order valence-corrected chi connectivity index (χ0v) is 16.4. The number of aromatic nitrogens is 1. The van der Waals surface area contributed by atoms with Gasteiger partial charge in [0, 0.05) is 36.8 Å². The van der Waals surface area contributed by atoms with Crippen molar-refractivity contribution in [3.63, 3.8) is 0 Å². The number of pyridine rings is 1. The van der Waals surface area contributed by atoms with Crippen LogP contribution in [-0.4, -0.2) is 21.4 Å². The molecule has 0 aliphatic carbocycles. The third-order valence-electron chi connectivity index (χ3n) is 5.28. The van der Waals surface area contributed by atoms with Crippen LogP contribution in [0.5, 0.6) is 5.75 Å². The first-order valence-corrected chi connectivity index (χ1v) is 9.36. The molecule has 1 aromatic heterocycles. The van der Waals surface area contributed by atoms with Crippen LogP contribution in [0.1, 0.15) is 65.3 Å². The van der Waals surface area contributed by atoms with E-state index >= 15 is 0 Å². The smallest absolute Gasteiger partial charge is 0.257 e. The van der Waals surface area contributed by atoms with Crippen LogP contribution in [0, 0.1) is 17.6 Å². The molecule has 1 atom stereocenters. The molecule has 3 rings (SSSR count). The first-order valence-electron chi connectivity index (χ1n) is 9.36. The first kappa shape index (κ1) is 20.7. The summed E-state index contributed by atoms with van der Waals surface area (Å²) < 4.78 is 28.4. The summed E-state index contributed by atoms with van der Waals surface area (Å²) in [6, 6.07) is 2.83. The third kappa shape index (κ3) is 3.66. The highest BCUT2D eigenvalue weighted by molar-refractivity contribution is 5.99. The fraction of sp³-hybridized carbons (Fsp3) is 0.381. The Kier molecular flexibility index (Phi) is 5.55. The molecule has 8 heteroatoms. The summed E-state index contributed by atoms with van der Waals surface area (Å²) in [6.07, 6.45) is 1.01. The van der Waals surface area contributed by atoms with Crippen molar-refractivity contribution in [3.8, 4) is 5.75 Å². The molecule has 0 spiro atoms. The molecule has 1 aromatic carbocycles. The summed E-state index contributed by atoms with van der Waals surface area (Å²) >= 11 is 0. The Morgan fingerprint density at radius 1 is 1.31 bits per heavy atom. The van der Waals surface area contributed by atoms with Crippen molar-refractivity contribution in [1.29, 1.82) is 0 Å². The number of aromatic hydroxyl groups is 1. The van der Waals surface area contributed by atoms with E-state index in [1.807, 2.05) is 13.8 Å². The maximum atomic E-state index is 13.8. The second kappa shape index (κ2) is 7.77. The number of carbonyl (C=O) groups is 2. The van der Waals surface area contributed by atoms with Gasteiger partial charge in [-0.3, -0.25) is 14.4 Å². The number of amides is 1. The van der Waals surface area contributed by atoms with E-state index in [0.29, 0.717) is 24.6 Å². The van der Waals surface area contributed by atoms with Crippen molar-refractivity contribution in [1.82, 2.24) is 9.88 Å². The molecule has 6 nitrogen and oxygen atoms in total. The zero-order valence-electron chi connectivity index (χ0n) is 16.4. The number of Topliss-reactive ketones (excluding diaryl/α,β-unsaturated/α-hetero) is 1. The lowest BCUT2D eigenvalue weighted by molar-refractivity contribution is 0.0942. The maximum Gasteiger partial charge on any atom is 0.257 e. The normalized spacial score (nSPS) is 15.4. The number of nitrogens with zero attached hydrogens (tertiary/aromatic N) is 1. The number of hydrogen-bond acceptors (Lipinski definition) is 4. The number of ketones is 1. The Bertz CT molecular complexity index is 1060. The minimum absolute atomic E-state index is 0.0566. The molecule has 2 aromatic rings. The highest BCUT2D eigenvalue weighted by Crippen LogP contribution is 2.36. The van der Waals surface area contributed by atoms with Crippen molar-refractivity contribution in [2.75, 3.05) is 0 Å². The van der Waals surface area contributed by atoms with Crippen molar-refractivity contribution < 1.29 is 23.5 Å². The van der Waals surface area contributed by atoms with Gasteiger partial charge in [0.15, 0.2) is 11.5 Å². The minimum Gasteiger partial charge on any atom is -0.503 e. The number of halogens is 2. The molecule has 1 aliphatic rings. The van der Waals surface area contributed by atoms with Gasteiger partial charge in [-0.15, -0.1) is 0 Å². The van der Waals surface area contributed by atoms with Crippen molar-refractivity contribution in [2.24, 2.45) is 5.92 Å². The molecule has 0 saturated heterocycles. The number of benzene rings is 1. The van der Waals surface area contributed by atoms with Crippen LogP contribution in [0.25, 0.3) is 0 Å². The number of hydrogen-bond donors (Lipinski definition) is 2. The summed E-state index contributed by atoms with van der Waals surface area (Å²) in [6.45, 7) is 4.91. The summed E-state index contributed by atoms with van der Waals surface area (Å²) in [7, 11) is 0. The van der Waals surface area contributed by atoms with Gasteiger partial charge in [0.1, 0.15) is 22.9 Å². The minimum atomic E-state index is -0.928. The molecule has 0 saturated carbocycles. The van der Waals surface area contributed by atoms with Gasteiger partial charge in [-0.05, 0) is 24.8 Å². The largest absolute Gasteiger partial charge is 0.503 e. The summed E-state index contributed by atoms with van der Waals surface area (Å²) in [5.74, 6) is -3.45. The second-order valence-electron chi connectivity index (χ2n) is 7.54. The van der Waals surface area contributed by atoms with Crippen LogP contribution < -0.4 is 10.7 Å². The van der Waals surface area contributed by atoms with E-state index in [-0.39, 0.29) is 35.3 Å². The zero-order chi connectivity index (χ0) is 21.5. The van der Waals surface area contributed by atoms with Gasteiger partial charge < -0.3 is 15.0 Å². The van der Waals surface area contributed by atoms with Gasteiger partial charge in [0.05, 0.1) is 0 Å². The fourth-order valence-corrected chi connectivity index (χ4v) is 3.88. The fourth-order valence-electron chi connectivity index (χ4n) is 3.88. The summed E-state index contributed by atoms with van der Waals surface area (Å²) in [5.41, 5.74) is -0.835. The van der Waals surface area contributed by atoms with Gasteiger partial charge >= 0.3 is 0 Å². The van der Waals surface area contributed by atoms with Crippen LogP contribution in [0.2, 0.25) is 0 Å². The summed E-state index contributed by atoms with van der Waals surface area (Å²) in [5, 5.41) is 12.8. The van der Waals surface area contributed by atoms with Crippen molar-refractivity contribution in [2.45, 2.75) is 46.2 Å². The van der Waals surface area contributed by atoms with E-state index < -0.39 is 34.5 Å². The van der Waals surface area contributed by atoms with E-state index in [0.717, 1.165) is 6.07 Å². The quantitative estimate of drug-likeness (QED) is 0.750. The van der Waals surface area contributed by atoms with E-state index in [1.54, 1.807) is 4.57 Å². The number of fused-ring (bicyclic) bond motifs is 1. The molecule has 29 heavy (non-hydrogen) atoms. The topological polar surface area (TPSA) is 88.4 Å². The average Bonchev–Trinajstić information content (AvgIpc) is 3.05. The number of carbonyl (C=O) groups excluding carboxylic acids is 2. The van der Waals surface area contributed by atoms with Crippen LogP contribution in [0.4, 0.5) is 8.78 Å². The lowest BCUT2D eigenvalue weighted by atomic mass is 10.0. The van der Waals surface area contributed by atoms with Gasteiger partial charge in [-0.1, -0.05) is 19.9 Å². The van der Waals surface area contributed by atoms with E-state index in [1.165, 1.54) is 13.0 Å². The van der Waals surface area contributed by atoms with Gasteiger partial charge in [0.2, 0.25) is 5.43 Å². The highest BCUT2D eigenvalue weighted by atomic mass is 19.1. The molecule has 1 aliphatic heterocycles. The summed E-state index contributed by atoms with van der Waals surface area (Å²) in [4.78, 5) is 37.6. The van der Waals surface area contributed by atoms with Gasteiger partial charge in [-0.25, -0.2) is 8.78 Å². The maximum absolute atomic E-state index is 13.8. The Morgan fingerprint density at radius 2 is 2.00 bits per heavy atom. The third-order valence-corrected chi connectivity index (χ3v) is 5.28. The van der Waals surface area contributed by atoms with E-state index in [9.17, 15) is 28.3 Å². The van der Waals surface area contributed by atoms with Gasteiger partial charge in [0.25, 0.3) is 5.91 Å². The monoisotopic (exact) mass is 404 g/mol. The lowest BCUT2D eigenvalue weighted by Crippen LogP contribution is -2.33. The van der Waals surface area contributed by atoms with Crippen molar-refractivity contribution in [3.05, 3.63) is 62.6 Å². The highest BCUT2D eigenvalue weighted by Gasteiger charge is 2.35. The average molecular weight is 404 g/mol. The molecule has 0 bridgehead atoms. The van der Waals surface area contributed by atoms with E-state index in [2.05, 4.69) is 5.32 Å². The standard InChI is InChI=1S/C21H22F2N2O4/c1-10(2)15-6-7-16-17(19(27)20(28)18(11(3)26)25(15)16)21(29)24-9-12-4-5-13(22)8-14(12)23/h4-5,8,10,15,28H,6-7,9H2,1-3H3,(H,24,29).